The summed E-state index contributed by atoms with van der Waals surface area (Å²) in [5, 5.41) is 19.7. The summed E-state index contributed by atoms with van der Waals surface area (Å²) in [4.78, 5) is 9.85. The first-order valence-electron chi connectivity index (χ1n) is 6.98. The van der Waals surface area contributed by atoms with E-state index in [2.05, 4.69) is 14.9 Å². The number of anilines is 1. The summed E-state index contributed by atoms with van der Waals surface area (Å²) < 4.78 is 27.0. The number of aromatic nitrogens is 2. The lowest BCUT2D eigenvalue weighted by atomic mass is 10.1. The molecule has 0 saturated carbocycles. The van der Waals surface area contributed by atoms with Crippen molar-refractivity contribution in [1.29, 1.82) is 0 Å². The summed E-state index contributed by atoms with van der Waals surface area (Å²) >= 11 is 1.14. The van der Waals surface area contributed by atoms with Crippen LogP contribution >= 0.6 is 11.3 Å². The smallest absolute Gasteiger partial charge is 0.258 e. The van der Waals surface area contributed by atoms with Gasteiger partial charge in [0.05, 0.1) is 4.92 Å². The molecule has 0 fully saturated rings. The number of nitrogens with zero attached hydrogens (tertiary/aromatic N) is 3. The van der Waals surface area contributed by atoms with Crippen LogP contribution in [-0.4, -0.2) is 23.5 Å². The van der Waals surface area contributed by atoms with E-state index >= 15 is 0 Å². The van der Waals surface area contributed by atoms with Gasteiger partial charge in [-0.05, 0) is 18.9 Å². The molecule has 124 valence electrons. The molecule has 1 heterocycles. The number of nitrogens with one attached hydrogen (secondary N) is 1. The number of hydrogen-bond donors (Lipinski definition) is 1. The van der Waals surface area contributed by atoms with Crippen LogP contribution in [0.2, 0.25) is 0 Å². The molecule has 2 rings (SSSR count). The molecule has 0 amide bonds. The summed E-state index contributed by atoms with van der Waals surface area (Å²) in [6.45, 7) is 4.04. The van der Waals surface area contributed by atoms with Gasteiger partial charge in [0.1, 0.15) is 5.01 Å². The molecule has 0 bridgehead atoms. The topological polar surface area (TPSA) is 115 Å². The molecule has 8 nitrogen and oxygen atoms in total. The van der Waals surface area contributed by atoms with E-state index in [0.717, 1.165) is 35.3 Å². The van der Waals surface area contributed by atoms with Gasteiger partial charge in [-0.1, -0.05) is 37.3 Å². The normalized spacial score (nSPS) is 11.6. The Labute approximate surface area is 137 Å². The van der Waals surface area contributed by atoms with E-state index in [1.54, 1.807) is 0 Å². The van der Waals surface area contributed by atoms with E-state index in [0.29, 0.717) is 0 Å². The van der Waals surface area contributed by atoms with Gasteiger partial charge in [0.25, 0.3) is 15.7 Å². The minimum Gasteiger partial charge on any atom is -0.258 e. The Balaban J connectivity index is 2.31. The molecule has 1 N–H and O–H groups in total. The molecule has 0 aliphatic rings. The summed E-state index contributed by atoms with van der Waals surface area (Å²) in [6, 6.07) is 5.16. The van der Waals surface area contributed by atoms with Crippen LogP contribution in [0, 0.1) is 10.1 Å². The molecule has 23 heavy (non-hydrogen) atoms. The molecular formula is C13H16N4O4S2. The van der Waals surface area contributed by atoms with Gasteiger partial charge in [0.2, 0.25) is 5.13 Å². The number of sulfonamides is 1. The minimum atomic E-state index is -4.10. The van der Waals surface area contributed by atoms with Gasteiger partial charge in [0, 0.05) is 12.0 Å². The largest absolute Gasteiger partial charge is 0.289 e. The van der Waals surface area contributed by atoms with Gasteiger partial charge in [-0.3, -0.25) is 14.8 Å². The lowest BCUT2D eigenvalue weighted by Crippen LogP contribution is -2.14. The Hall–Kier alpha value is -2.07. The first-order valence-corrected chi connectivity index (χ1v) is 9.28. The Morgan fingerprint density at radius 1 is 1.26 bits per heavy atom. The third kappa shape index (κ3) is 3.82. The highest BCUT2D eigenvalue weighted by Gasteiger charge is 2.26. The average molecular weight is 356 g/mol. The van der Waals surface area contributed by atoms with Gasteiger partial charge in [-0.25, -0.2) is 8.42 Å². The van der Waals surface area contributed by atoms with Crippen LogP contribution < -0.4 is 4.72 Å². The fraction of sp³-hybridized carbons (Fsp3) is 0.385. The summed E-state index contributed by atoms with van der Waals surface area (Å²) in [5.74, 6) is 0.219. The Morgan fingerprint density at radius 3 is 2.52 bits per heavy atom. The predicted octanol–water partition coefficient (Wildman–Crippen LogP) is 3.15. The maximum atomic E-state index is 12.4. The van der Waals surface area contributed by atoms with E-state index in [1.807, 2.05) is 13.8 Å². The third-order valence-corrected chi connectivity index (χ3v) is 5.87. The monoisotopic (exact) mass is 356 g/mol. The zero-order chi connectivity index (χ0) is 17.0. The zero-order valence-electron chi connectivity index (χ0n) is 12.6. The number of para-hydroxylation sites is 1. The van der Waals surface area contributed by atoms with Crippen molar-refractivity contribution in [2.75, 3.05) is 4.72 Å². The van der Waals surface area contributed by atoms with Crippen molar-refractivity contribution in [2.24, 2.45) is 0 Å². The molecular weight excluding hydrogens is 340 g/mol. The fourth-order valence-corrected chi connectivity index (χ4v) is 4.50. The van der Waals surface area contributed by atoms with Crippen molar-refractivity contribution in [3.8, 4) is 0 Å². The second kappa shape index (κ2) is 7.01. The van der Waals surface area contributed by atoms with Crippen LogP contribution in [0.5, 0.6) is 0 Å². The Kier molecular flexibility index (Phi) is 5.26. The highest BCUT2D eigenvalue weighted by atomic mass is 32.2. The number of benzene rings is 1. The molecule has 0 radical (unpaired) electrons. The van der Waals surface area contributed by atoms with Crippen LogP contribution in [-0.2, 0) is 10.0 Å². The molecule has 1 aromatic heterocycles. The summed E-state index contributed by atoms with van der Waals surface area (Å²) in [6.07, 6.45) is 1.75. The predicted molar refractivity (Wildman–Crippen MR) is 87.1 cm³/mol. The number of nitro benzene ring substituents is 1. The van der Waals surface area contributed by atoms with Crippen molar-refractivity contribution in [1.82, 2.24) is 10.2 Å². The molecule has 0 aliphatic heterocycles. The standard InChI is InChI=1S/C13H16N4O4S2/c1-3-9(4-2)12-14-15-13(22-12)16-23(20,21)11-8-6-5-7-10(11)17(18)19/h5-9H,3-4H2,1-2H3,(H,15,16). The van der Waals surface area contributed by atoms with Crippen LogP contribution in [0.15, 0.2) is 29.2 Å². The van der Waals surface area contributed by atoms with Crippen molar-refractivity contribution in [3.05, 3.63) is 39.4 Å². The first kappa shape index (κ1) is 17.3. The highest BCUT2D eigenvalue weighted by Crippen LogP contribution is 2.30. The van der Waals surface area contributed by atoms with Crippen molar-refractivity contribution < 1.29 is 13.3 Å². The quantitative estimate of drug-likeness (QED) is 0.602. The van der Waals surface area contributed by atoms with E-state index in [-0.39, 0.29) is 11.0 Å². The second-order valence-corrected chi connectivity index (χ2v) is 7.45. The van der Waals surface area contributed by atoms with Crippen LogP contribution in [0.25, 0.3) is 0 Å². The maximum absolute atomic E-state index is 12.4. The molecule has 0 saturated heterocycles. The highest BCUT2D eigenvalue weighted by molar-refractivity contribution is 7.93. The van der Waals surface area contributed by atoms with Gasteiger partial charge in [0.15, 0.2) is 4.90 Å². The lowest BCUT2D eigenvalue weighted by molar-refractivity contribution is -0.387. The fourth-order valence-electron chi connectivity index (χ4n) is 2.08. The van der Waals surface area contributed by atoms with Crippen molar-refractivity contribution in [3.63, 3.8) is 0 Å². The Bertz CT molecular complexity index is 800. The average Bonchev–Trinajstić information content (AvgIpc) is 2.96. The Morgan fingerprint density at radius 2 is 1.91 bits per heavy atom. The first-order chi connectivity index (χ1) is 10.9. The minimum absolute atomic E-state index is 0.102. The molecule has 0 unspecified atom stereocenters. The van der Waals surface area contributed by atoms with Crippen LogP contribution in [0.4, 0.5) is 10.8 Å². The lowest BCUT2D eigenvalue weighted by Gasteiger charge is -2.06. The molecule has 10 heteroatoms. The third-order valence-electron chi connectivity index (χ3n) is 3.35. The van der Waals surface area contributed by atoms with E-state index in [4.69, 9.17) is 0 Å². The summed E-state index contributed by atoms with van der Waals surface area (Å²) in [7, 11) is -4.10. The number of hydrogen-bond acceptors (Lipinski definition) is 7. The SMILES string of the molecule is CCC(CC)c1nnc(NS(=O)(=O)c2ccccc2[N+](=O)[O-])s1. The molecule has 0 atom stereocenters. The molecule has 0 spiro atoms. The van der Waals surface area contributed by atoms with Gasteiger partial charge < -0.3 is 0 Å². The van der Waals surface area contributed by atoms with E-state index in [9.17, 15) is 18.5 Å². The van der Waals surface area contributed by atoms with E-state index < -0.39 is 25.5 Å². The van der Waals surface area contributed by atoms with Crippen LogP contribution in [0.1, 0.15) is 37.6 Å². The maximum Gasteiger partial charge on any atom is 0.289 e. The van der Waals surface area contributed by atoms with Gasteiger partial charge in [-0.15, -0.1) is 10.2 Å². The van der Waals surface area contributed by atoms with Gasteiger partial charge >= 0.3 is 0 Å². The van der Waals surface area contributed by atoms with Crippen molar-refractivity contribution in [2.45, 2.75) is 37.5 Å². The molecule has 2 aromatic rings. The number of rotatable bonds is 7. The van der Waals surface area contributed by atoms with Crippen molar-refractivity contribution >= 4 is 32.2 Å². The van der Waals surface area contributed by atoms with Crippen LogP contribution in [0.3, 0.4) is 0 Å². The van der Waals surface area contributed by atoms with E-state index in [1.165, 1.54) is 18.2 Å². The summed E-state index contributed by atoms with van der Waals surface area (Å²) in [5.41, 5.74) is -0.482. The number of nitro groups is 1. The second-order valence-electron chi connectivity index (χ2n) is 4.79. The molecule has 0 aliphatic carbocycles. The zero-order valence-corrected chi connectivity index (χ0v) is 14.2. The van der Waals surface area contributed by atoms with Gasteiger partial charge in [-0.2, -0.15) is 0 Å². The molecule has 1 aromatic carbocycles.